The molecule has 0 bridgehead atoms. The van der Waals surface area contributed by atoms with Gasteiger partial charge in [-0.3, -0.25) is 0 Å². The lowest BCUT2D eigenvalue weighted by molar-refractivity contribution is 0.0260. The molecule has 1 heterocycles. The molecule has 1 aromatic rings. The SMILES string of the molecule is CC(C)CC1(CCc2ccccc2)C=NOC1C. The Hall–Kier alpha value is -1.31. The molecule has 0 fully saturated rings. The lowest BCUT2D eigenvalue weighted by atomic mass is 9.73. The fourth-order valence-electron chi connectivity index (χ4n) is 2.81. The summed E-state index contributed by atoms with van der Waals surface area (Å²) in [4.78, 5) is 5.43. The van der Waals surface area contributed by atoms with Crippen LogP contribution in [0.2, 0.25) is 0 Å². The van der Waals surface area contributed by atoms with E-state index in [0.29, 0.717) is 5.92 Å². The summed E-state index contributed by atoms with van der Waals surface area (Å²) in [5, 5.41) is 4.06. The number of rotatable bonds is 5. The monoisotopic (exact) mass is 245 g/mol. The second kappa shape index (κ2) is 5.55. The molecule has 1 aromatic carbocycles. The van der Waals surface area contributed by atoms with Gasteiger partial charge in [-0.15, -0.1) is 0 Å². The predicted octanol–water partition coefficient (Wildman–Crippen LogP) is 4.06. The normalized spacial score (nSPS) is 26.6. The maximum absolute atomic E-state index is 5.43. The van der Waals surface area contributed by atoms with Gasteiger partial charge in [0.1, 0.15) is 6.10 Å². The van der Waals surface area contributed by atoms with E-state index in [9.17, 15) is 0 Å². The van der Waals surface area contributed by atoms with Gasteiger partial charge in [-0.1, -0.05) is 49.3 Å². The zero-order chi connectivity index (χ0) is 13.0. The fraction of sp³-hybridized carbons (Fsp3) is 0.562. The zero-order valence-corrected chi connectivity index (χ0v) is 11.6. The summed E-state index contributed by atoms with van der Waals surface area (Å²) in [5.74, 6) is 0.663. The van der Waals surface area contributed by atoms with Crippen LogP contribution in [-0.2, 0) is 11.3 Å². The first-order valence-corrected chi connectivity index (χ1v) is 6.87. The maximum atomic E-state index is 5.43. The Labute approximate surface area is 110 Å². The van der Waals surface area contributed by atoms with Crippen LogP contribution in [0, 0.1) is 11.3 Å². The number of oxime groups is 1. The highest BCUT2D eigenvalue weighted by molar-refractivity contribution is 5.67. The highest BCUT2D eigenvalue weighted by Crippen LogP contribution is 2.38. The molecule has 0 N–H and O–H groups in total. The summed E-state index contributed by atoms with van der Waals surface area (Å²) in [7, 11) is 0. The van der Waals surface area contributed by atoms with Gasteiger partial charge >= 0.3 is 0 Å². The number of aryl methyl sites for hydroxylation is 1. The fourth-order valence-corrected chi connectivity index (χ4v) is 2.81. The molecule has 2 atom stereocenters. The second-order valence-electron chi connectivity index (χ2n) is 5.80. The maximum Gasteiger partial charge on any atom is 0.135 e. The van der Waals surface area contributed by atoms with Crippen LogP contribution in [0.5, 0.6) is 0 Å². The number of benzene rings is 1. The Bertz CT molecular complexity index is 399. The Balaban J connectivity index is 2.05. The molecule has 0 amide bonds. The number of hydrogen-bond donors (Lipinski definition) is 0. The Morgan fingerprint density at radius 1 is 1.28 bits per heavy atom. The molecular formula is C16H23NO. The summed E-state index contributed by atoms with van der Waals surface area (Å²) in [6.45, 7) is 6.67. The van der Waals surface area contributed by atoms with E-state index in [1.807, 2.05) is 6.21 Å². The molecule has 18 heavy (non-hydrogen) atoms. The van der Waals surface area contributed by atoms with E-state index >= 15 is 0 Å². The Morgan fingerprint density at radius 3 is 2.56 bits per heavy atom. The van der Waals surface area contributed by atoms with Gasteiger partial charge in [-0.25, -0.2) is 0 Å². The molecule has 98 valence electrons. The third-order valence-corrected chi connectivity index (χ3v) is 3.85. The van der Waals surface area contributed by atoms with Crippen molar-refractivity contribution in [3.8, 4) is 0 Å². The van der Waals surface area contributed by atoms with Gasteiger partial charge in [0.25, 0.3) is 0 Å². The summed E-state index contributed by atoms with van der Waals surface area (Å²) in [5.41, 5.74) is 1.51. The average molecular weight is 245 g/mol. The van der Waals surface area contributed by atoms with Crippen LogP contribution in [0.4, 0.5) is 0 Å². The third kappa shape index (κ3) is 2.92. The number of hydrogen-bond acceptors (Lipinski definition) is 2. The van der Waals surface area contributed by atoms with Gasteiger partial charge in [0.15, 0.2) is 0 Å². The topological polar surface area (TPSA) is 21.6 Å². The van der Waals surface area contributed by atoms with Crippen LogP contribution in [0.25, 0.3) is 0 Å². The lowest BCUT2D eigenvalue weighted by Gasteiger charge is -2.30. The van der Waals surface area contributed by atoms with Gasteiger partial charge < -0.3 is 4.84 Å². The van der Waals surface area contributed by atoms with E-state index in [1.165, 1.54) is 5.56 Å². The molecule has 0 aromatic heterocycles. The molecule has 0 radical (unpaired) electrons. The van der Waals surface area contributed by atoms with E-state index in [2.05, 4.69) is 56.3 Å². The van der Waals surface area contributed by atoms with E-state index in [1.54, 1.807) is 0 Å². The van der Waals surface area contributed by atoms with E-state index < -0.39 is 0 Å². The smallest absolute Gasteiger partial charge is 0.135 e. The Kier molecular flexibility index (Phi) is 4.05. The van der Waals surface area contributed by atoms with Gasteiger partial charge in [-0.2, -0.15) is 0 Å². The Morgan fingerprint density at radius 2 is 2.00 bits per heavy atom. The highest BCUT2D eigenvalue weighted by Gasteiger charge is 2.40. The molecular weight excluding hydrogens is 222 g/mol. The molecule has 2 unspecified atom stereocenters. The summed E-state index contributed by atoms with van der Waals surface area (Å²) >= 11 is 0. The molecule has 0 saturated carbocycles. The molecule has 1 aliphatic rings. The largest absolute Gasteiger partial charge is 0.392 e. The standard InChI is InChI=1S/C16H23NO/c1-13(2)11-16(12-17-18-14(16)3)10-9-15-7-5-4-6-8-15/h4-8,12-14H,9-11H2,1-3H3. The van der Waals surface area contributed by atoms with Gasteiger partial charge in [0.05, 0.1) is 6.21 Å². The van der Waals surface area contributed by atoms with Gasteiger partial charge in [-0.05, 0) is 37.7 Å². The molecule has 1 aliphatic heterocycles. The van der Waals surface area contributed by atoms with Crippen molar-refractivity contribution >= 4 is 6.21 Å². The highest BCUT2D eigenvalue weighted by atomic mass is 16.6. The molecule has 0 spiro atoms. The number of nitrogens with zero attached hydrogens (tertiary/aromatic N) is 1. The van der Waals surface area contributed by atoms with Crippen LogP contribution in [0.3, 0.4) is 0 Å². The van der Waals surface area contributed by atoms with Crippen molar-refractivity contribution in [3.63, 3.8) is 0 Å². The van der Waals surface area contributed by atoms with Crippen LogP contribution >= 0.6 is 0 Å². The minimum absolute atomic E-state index is 0.115. The minimum Gasteiger partial charge on any atom is -0.392 e. The van der Waals surface area contributed by atoms with Gasteiger partial charge in [0, 0.05) is 5.41 Å². The minimum atomic E-state index is 0.115. The molecule has 0 saturated heterocycles. The molecule has 2 heteroatoms. The van der Waals surface area contributed by atoms with Gasteiger partial charge in [0.2, 0.25) is 0 Å². The van der Waals surface area contributed by atoms with Crippen molar-refractivity contribution in [2.75, 3.05) is 0 Å². The van der Waals surface area contributed by atoms with E-state index in [-0.39, 0.29) is 11.5 Å². The summed E-state index contributed by atoms with van der Waals surface area (Å²) in [6, 6.07) is 10.7. The predicted molar refractivity (Wildman–Crippen MR) is 75.7 cm³/mol. The van der Waals surface area contributed by atoms with Crippen molar-refractivity contribution in [2.24, 2.45) is 16.5 Å². The summed E-state index contributed by atoms with van der Waals surface area (Å²) in [6.07, 6.45) is 5.58. The third-order valence-electron chi connectivity index (χ3n) is 3.85. The quantitative estimate of drug-likeness (QED) is 0.766. The first-order chi connectivity index (χ1) is 8.62. The van der Waals surface area contributed by atoms with Crippen LogP contribution in [0.15, 0.2) is 35.5 Å². The average Bonchev–Trinajstić information content (AvgIpc) is 2.69. The van der Waals surface area contributed by atoms with E-state index in [0.717, 1.165) is 19.3 Å². The lowest BCUT2D eigenvalue weighted by Crippen LogP contribution is -2.33. The van der Waals surface area contributed by atoms with Crippen molar-refractivity contribution in [1.29, 1.82) is 0 Å². The van der Waals surface area contributed by atoms with Crippen molar-refractivity contribution < 1.29 is 4.84 Å². The van der Waals surface area contributed by atoms with Crippen LogP contribution < -0.4 is 0 Å². The zero-order valence-electron chi connectivity index (χ0n) is 11.6. The van der Waals surface area contributed by atoms with Crippen LogP contribution in [-0.4, -0.2) is 12.3 Å². The first-order valence-electron chi connectivity index (χ1n) is 6.87. The van der Waals surface area contributed by atoms with Crippen molar-refractivity contribution in [1.82, 2.24) is 0 Å². The molecule has 2 nitrogen and oxygen atoms in total. The summed E-state index contributed by atoms with van der Waals surface area (Å²) < 4.78 is 0. The van der Waals surface area contributed by atoms with Crippen molar-refractivity contribution in [2.45, 2.75) is 46.1 Å². The first kappa shape index (κ1) is 13.1. The molecule has 0 aliphatic carbocycles. The van der Waals surface area contributed by atoms with Crippen molar-refractivity contribution in [3.05, 3.63) is 35.9 Å². The molecule has 2 rings (SSSR count). The van der Waals surface area contributed by atoms with E-state index in [4.69, 9.17) is 4.84 Å². The second-order valence-corrected chi connectivity index (χ2v) is 5.80. The van der Waals surface area contributed by atoms with Crippen LogP contribution in [0.1, 0.15) is 39.2 Å².